The number of rotatable bonds is 31. The third-order valence-corrected chi connectivity index (χ3v) is 12.3. The van der Waals surface area contributed by atoms with Gasteiger partial charge in [0.15, 0.2) is 0 Å². The number of unbranched alkanes of at least 4 members (excludes halogenated alkanes) is 1. The molecule has 8 amide bonds. The molecule has 0 aromatic carbocycles. The molecular weight excluding hydrogens is 941 g/mol. The Labute approximate surface area is 410 Å². The van der Waals surface area contributed by atoms with Gasteiger partial charge in [0.05, 0.1) is 13.0 Å². The number of nitrogens with one attached hydrogen (secondary N) is 6. The maximum Gasteiger partial charge on any atom is 0.326 e. The predicted molar refractivity (Wildman–Crippen MR) is 247 cm³/mol. The van der Waals surface area contributed by atoms with Gasteiger partial charge in [-0.25, -0.2) is 4.79 Å². The molecule has 0 aromatic heterocycles. The lowest BCUT2D eigenvalue weighted by molar-refractivity contribution is -0.149. The highest BCUT2D eigenvalue weighted by atomic mass is 16.4. The SMILES string of the molecule is CC[C@H](C)[C@H](NC(=O)[C@@H](N)CO)C(=O)N1CCC[C@H]1C(=O)N1CCC[C@H]1C(=O)N[C@@H](CC(=O)O)C(=O)N[C@H](C(=O)N[C@@H](CCC(=O)O)C(=O)N[C@@H](CCC(=O)O)C(=O)N[C@@H](CCCCN)C(=O)O)C(C)C. The summed E-state index contributed by atoms with van der Waals surface area (Å²) >= 11 is 0. The van der Waals surface area contributed by atoms with Crippen molar-refractivity contribution in [3.8, 4) is 0 Å². The van der Waals surface area contributed by atoms with Crippen LogP contribution in [0.25, 0.3) is 0 Å². The number of amides is 8. The van der Waals surface area contributed by atoms with Crippen molar-refractivity contribution in [3.05, 3.63) is 0 Å². The van der Waals surface area contributed by atoms with Crippen LogP contribution in [0.2, 0.25) is 0 Å². The maximum absolute atomic E-state index is 14.2. The molecule has 15 N–H and O–H groups in total. The predicted octanol–water partition coefficient (Wildman–Crippen LogP) is -3.68. The average Bonchev–Trinajstić information content (AvgIpc) is 4.02. The Hall–Kier alpha value is -6.48. The fraction of sp³-hybridized carbons (Fsp3) is 0.727. The summed E-state index contributed by atoms with van der Waals surface area (Å²) in [5.74, 6) is -14.3. The molecule has 10 atom stereocenters. The summed E-state index contributed by atoms with van der Waals surface area (Å²) in [7, 11) is 0. The molecule has 0 saturated carbocycles. The van der Waals surface area contributed by atoms with Crippen molar-refractivity contribution in [2.45, 2.75) is 166 Å². The standard InChI is InChI=1S/C44H72N10O17/c1-5-23(4)35(52-36(62)24(46)21-55)43(69)54-19-9-12-30(54)42(68)53-18-8-11-29(53)40(66)50-28(20-33(60)61)39(65)51-34(22(2)3)41(67)48-26(14-16-32(58)59)37(63)47-25(13-15-31(56)57)38(64)49-27(44(70)71)10-6-7-17-45/h22-30,34-35,55H,5-21,45-46H2,1-4H3,(H,47,63)(H,48,67)(H,49,64)(H,50,66)(H,51,65)(H,52,62)(H,56,57)(H,58,59)(H,60,61)(H,70,71)/t23-,24-,25-,26-,27-,28-,29-,30-,34-,35-/m0/s1. The second-order valence-electron chi connectivity index (χ2n) is 18.1. The van der Waals surface area contributed by atoms with Gasteiger partial charge in [-0.1, -0.05) is 34.1 Å². The Morgan fingerprint density at radius 2 is 1.10 bits per heavy atom. The molecule has 2 heterocycles. The van der Waals surface area contributed by atoms with E-state index in [1.54, 1.807) is 13.8 Å². The van der Waals surface area contributed by atoms with Crippen molar-refractivity contribution in [3.63, 3.8) is 0 Å². The number of aliphatic hydroxyl groups is 1. The molecule has 2 rings (SSSR count). The van der Waals surface area contributed by atoms with Gasteiger partial charge in [0.25, 0.3) is 0 Å². The third kappa shape index (κ3) is 19.0. The van der Waals surface area contributed by atoms with E-state index in [1.807, 2.05) is 0 Å². The Kier molecular flexibility index (Phi) is 25.3. The quantitative estimate of drug-likeness (QED) is 0.0297. The minimum Gasteiger partial charge on any atom is -0.481 e. The molecule has 27 heteroatoms. The number of carboxylic acids is 4. The van der Waals surface area contributed by atoms with Crippen LogP contribution in [0.4, 0.5) is 0 Å². The first-order valence-corrected chi connectivity index (χ1v) is 23.8. The summed E-state index contributed by atoms with van der Waals surface area (Å²) < 4.78 is 0. The molecule has 0 spiro atoms. The second kappa shape index (κ2) is 29.6. The molecule has 27 nitrogen and oxygen atoms in total. The number of carbonyl (C=O) groups is 12. The minimum absolute atomic E-state index is 0.0521. The zero-order chi connectivity index (χ0) is 53.7. The normalized spacial score (nSPS) is 18.9. The third-order valence-electron chi connectivity index (χ3n) is 12.3. The van der Waals surface area contributed by atoms with Gasteiger partial charge in [-0.15, -0.1) is 0 Å². The van der Waals surface area contributed by atoms with Gasteiger partial charge in [-0.3, -0.25) is 52.7 Å². The van der Waals surface area contributed by atoms with Crippen molar-refractivity contribution in [2.24, 2.45) is 23.3 Å². The average molecular weight is 1010 g/mol. The number of likely N-dealkylation sites (tertiary alicyclic amines) is 2. The zero-order valence-electron chi connectivity index (χ0n) is 40.6. The number of carbonyl (C=O) groups excluding carboxylic acids is 8. The fourth-order valence-electron chi connectivity index (χ4n) is 8.06. The van der Waals surface area contributed by atoms with Gasteiger partial charge >= 0.3 is 23.9 Å². The van der Waals surface area contributed by atoms with Gasteiger partial charge < -0.3 is 78.7 Å². The largest absolute Gasteiger partial charge is 0.481 e. The molecule has 0 unspecified atom stereocenters. The smallest absolute Gasteiger partial charge is 0.326 e. The monoisotopic (exact) mass is 1010 g/mol. The molecule has 2 aliphatic heterocycles. The van der Waals surface area contributed by atoms with Crippen LogP contribution < -0.4 is 43.4 Å². The van der Waals surface area contributed by atoms with Gasteiger partial charge in [-0.2, -0.15) is 0 Å². The van der Waals surface area contributed by atoms with Crippen LogP contribution >= 0.6 is 0 Å². The Morgan fingerprint density at radius 3 is 1.59 bits per heavy atom. The van der Waals surface area contributed by atoms with Crippen LogP contribution in [0.1, 0.15) is 111 Å². The Morgan fingerprint density at radius 1 is 0.592 bits per heavy atom. The highest BCUT2D eigenvalue weighted by Gasteiger charge is 2.45. The highest BCUT2D eigenvalue weighted by molar-refractivity contribution is 5.99. The van der Waals surface area contributed by atoms with Crippen molar-refractivity contribution < 1.29 is 83.1 Å². The van der Waals surface area contributed by atoms with Crippen LogP contribution in [-0.2, 0) is 57.5 Å². The van der Waals surface area contributed by atoms with E-state index in [9.17, 15) is 83.1 Å². The molecule has 71 heavy (non-hydrogen) atoms. The lowest BCUT2D eigenvalue weighted by atomic mass is 9.97. The molecule has 2 saturated heterocycles. The molecule has 400 valence electrons. The first kappa shape index (κ1) is 60.6. The number of hydrogen-bond donors (Lipinski definition) is 13. The van der Waals surface area contributed by atoms with E-state index >= 15 is 0 Å². The molecule has 0 aliphatic carbocycles. The number of nitrogens with two attached hydrogens (primary N) is 2. The zero-order valence-corrected chi connectivity index (χ0v) is 40.6. The van der Waals surface area contributed by atoms with Crippen LogP contribution in [0.15, 0.2) is 0 Å². The van der Waals surface area contributed by atoms with Crippen LogP contribution in [-0.4, -0.2) is 187 Å². The van der Waals surface area contributed by atoms with Crippen molar-refractivity contribution >= 4 is 71.1 Å². The van der Waals surface area contributed by atoms with Gasteiger partial charge in [-0.05, 0) is 76.2 Å². The fourth-order valence-corrected chi connectivity index (χ4v) is 8.06. The van der Waals surface area contributed by atoms with Crippen molar-refractivity contribution in [2.75, 3.05) is 26.2 Å². The van der Waals surface area contributed by atoms with E-state index < -0.39 is 176 Å². The number of hydrogen-bond acceptors (Lipinski definition) is 15. The molecular formula is C44H72N10O17. The molecule has 0 aromatic rings. The first-order chi connectivity index (χ1) is 33.4. The summed E-state index contributed by atoms with van der Waals surface area (Å²) in [6, 6.07) is -12.9. The summed E-state index contributed by atoms with van der Waals surface area (Å²) in [6.45, 7) is 6.24. The van der Waals surface area contributed by atoms with Crippen LogP contribution in [0.5, 0.6) is 0 Å². The topological polar surface area (TPSA) is 437 Å². The number of aliphatic hydroxyl groups excluding tert-OH is 1. The first-order valence-electron chi connectivity index (χ1n) is 23.8. The summed E-state index contributed by atoms with van der Waals surface area (Å²) in [5, 5.41) is 61.7. The van der Waals surface area contributed by atoms with Gasteiger partial charge in [0.2, 0.25) is 47.3 Å². The molecule has 2 fully saturated rings. The van der Waals surface area contributed by atoms with E-state index in [1.165, 1.54) is 23.6 Å². The highest BCUT2D eigenvalue weighted by Crippen LogP contribution is 2.27. The molecule has 0 radical (unpaired) electrons. The van der Waals surface area contributed by atoms with Crippen LogP contribution in [0.3, 0.4) is 0 Å². The van der Waals surface area contributed by atoms with E-state index in [4.69, 9.17) is 11.5 Å². The molecule has 0 bridgehead atoms. The minimum atomic E-state index is -1.84. The lowest BCUT2D eigenvalue weighted by Crippen LogP contribution is -2.61. The van der Waals surface area contributed by atoms with Gasteiger partial charge in [0, 0.05) is 25.9 Å². The maximum atomic E-state index is 14.2. The summed E-state index contributed by atoms with van der Waals surface area (Å²) in [5.41, 5.74) is 11.1. The number of aliphatic carboxylic acids is 4. The van der Waals surface area contributed by atoms with E-state index in [2.05, 4.69) is 31.9 Å². The second-order valence-corrected chi connectivity index (χ2v) is 18.1. The van der Waals surface area contributed by atoms with Crippen molar-refractivity contribution in [1.29, 1.82) is 0 Å². The number of nitrogens with zero attached hydrogens (tertiary/aromatic N) is 2. The van der Waals surface area contributed by atoms with Crippen LogP contribution in [0, 0.1) is 11.8 Å². The van der Waals surface area contributed by atoms with Crippen molar-refractivity contribution in [1.82, 2.24) is 41.7 Å². The summed E-state index contributed by atoms with van der Waals surface area (Å²) in [6.07, 6.45) is -1.35. The van der Waals surface area contributed by atoms with E-state index in [0.717, 1.165) is 0 Å². The number of carboxylic acid groups (broad SMARTS) is 4. The molecule has 2 aliphatic rings. The van der Waals surface area contributed by atoms with E-state index in [-0.39, 0.29) is 38.9 Å². The lowest BCUT2D eigenvalue weighted by Gasteiger charge is -2.34. The Balaban J connectivity index is 2.32. The van der Waals surface area contributed by atoms with Gasteiger partial charge in [0.1, 0.15) is 54.4 Å². The Bertz CT molecular complexity index is 1940. The van der Waals surface area contributed by atoms with E-state index in [0.29, 0.717) is 32.1 Å². The summed E-state index contributed by atoms with van der Waals surface area (Å²) in [4.78, 5) is 159.